The molecule has 0 spiro atoms. The molecule has 0 aliphatic carbocycles. The molecule has 7 N–H and O–H groups in total. The normalized spacial score (nSPS) is 13.6. The van der Waals surface area contributed by atoms with Gasteiger partial charge in [0.25, 0.3) is 0 Å². The van der Waals surface area contributed by atoms with Crippen molar-refractivity contribution in [1.82, 2.24) is 25.9 Å². The van der Waals surface area contributed by atoms with Gasteiger partial charge in [0.15, 0.2) is 0 Å². The maximum Gasteiger partial charge on any atom is 0.322 e. The van der Waals surface area contributed by atoms with Gasteiger partial charge in [-0.05, 0) is 17.9 Å². The lowest BCUT2D eigenvalue weighted by Gasteiger charge is -2.26. The van der Waals surface area contributed by atoms with Gasteiger partial charge in [-0.3, -0.25) is 19.2 Å². The highest BCUT2D eigenvalue weighted by molar-refractivity contribution is 5.94. The number of carboxylic acid groups (broad SMARTS) is 1. The maximum atomic E-state index is 13.0. The molecular weight excluding hydrogens is 428 g/mol. The minimum atomic E-state index is -1.21. The van der Waals surface area contributed by atoms with Crippen LogP contribution in [0.1, 0.15) is 25.1 Å². The van der Waals surface area contributed by atoms with Crippen LogP contribution in [0.2, 0.25) is 0 Å². The molecule has 1 aromatic heterocycles. The van der Waals surface area contributed by atoms with Crippen LogP contribution in [-0.4, -0.2) is 63.4 Å². The average Bonchev–Trinajstić information content (AvgIpc) is 3.28. The summed E-state index contributed by atoms with van der Waals surface area (Å²) in [5.74, 6) is -3.26. The molecule has 3 amide bonds. The van der Waals surface area contributed by atoms with Crippen LogP contribution in [-0.2, 0) is 32.0 Å². The monoisotopic (exact) mass is 458 g/mol. The number of carboxylic acids is 1. The van der Waals surface area contributed by atoms with Gasteiger partial charge in [-0.15, -0.1) is 0 Å². The molecule has 0 radical (unpaired) electrons. The van der Waals surface area contributed by atoms with Gasteiger partial charge in [-0.1, -0.05) is 44.2 Å². The summed E-state index contributed by atoms with van der Waals surface area (Å²) in [5, 5.41) is 16.4. The molecule has 11 nitrogen and oxygen atoms in total. The summed E-state index contributed by atoms with van der Waals surface area (Å²) >= 11 is 0. The number of nitrogens with zero attached hydrogens (tertiary/aromatic N) is 1. The fraction of sp³-hybridized carbons (Fsp3) is 0.409. The van der Waals surface area contributed by atoms with Gasteiger partial charge in [-0.2, -0.15) is 0 Å². The molecule has 11 heteroatoms. The second-order valence-corrected chi connectivity index (χ2v) is 7.98. The number of nitrogens with two attached hydrogens (primary N) is 1. The minimum Gasteiger partial charge on any atom is -0.480 e. The van der Waals surface area contributed by atoms with E-state index >= 15 is 0 Å². The Kier molecular flexibility index (Phi) is 9.55. The van der Waals surface area contributed by atoms with Gasteiger partial charge in [0.05, 0.1) is 12.4 Å². The summed E-state index contributed by atoms with van der Waals surface area (Å²) in [6, 6.07) is 6.38. The maximum absolute atomic E-state index is 13.0. The zero-order chi connectivity index (χ0) is 24.4. The Morgan fingerprint density at radius 2 is 1.73 bits per heavy atom. The molecule has 0 fully saturated rings. The van der Waals surface area contributed by atoms with Crippen molar-refractivity contribution in [3.05, 3.63) is 54.1 Å². The van der Waals surface area contributed by atoms with E-state index in [4.69, 9.17) is 10.8 Å². The van der Waals surface area contributed by atoms with E-state index in [1.807, 2.05) is 30.3 Å². The van der Waals surface area contributed by atoms with Gasteiger partial charge in [-0.25, -0.2) is 4.98 Å². The molecule has 0 saturated heterocycles. The first kappa shape index (κ1) is 25.5. The molecule has 178 valence electrons. The number of aliphatic carboxylic acids is 1. The number of H-pyrrole nitrogens is 1. The highest BCUT2D eigenvalue weighted by Crippen LogP contribution is 2.07. The zero-order valence-electron chi connectivity index (χ0n) is 18.6. The van der Waals surface area contributed by atoms with Gasteiger partial charge in [0.2, 0.25) is 17.7 Å². The predicted octanol–water partition coefficient (Wildman–Crippen LogP) is -0.651. The number of amides is 3. The SMILES string of the molecule is CC(C)C(NC(=O)C(N)Cc1ccccc1)C(=O)NC(Cc1cnc[nH]1)C(=O)NCC(=O)O. The number of carbonyl (C=O) groups is 4. The standard InChI is InChI=1S/C22H30N6O5/c1-13(2)19(28-20(31)16(23)8-14-6-4-3-5-7-14)22(33)27-17(9-15-10-24-12-26-15)21(32)25-11-18(29)30/h3-7,10,12-13,16-17,19H,8-9,11,23H2,1-2H3,(H,24,26)(H,25,32)(H,27,33)(H,28,31)(H,29,30). The van der Waals surface area contributed by atoms with Crippen LogP contribution in [0, 0.1) is 5.92 Å². The highest BCUT2D eigenvalue weighted by Gasteiger charge is 2.30. The first-order valence-corrected chi connectivity index (χ1v) is 10.5. The molecule has 0 bridgehead atoms. The second-order valence-electron chi connectivity index (χ2n) is 7.98. The van der Waals surface area contributed by atoms with Crippen LogP contribution in [0.5, 0.6) is 0 Å². The number of aromatic nitrogens is 2. The van der Waals surface area contributed by atoms with Crippen LogP contribution in [0.15, 0.2) is 42.9 Å². The quantitative estimate of drug-likeness (QED) is 0.244. The predicted molar refractivity (Wildman–Crippen MR) is 120 cm³/mol. The molecule has 0 aliphatic heterocycles. The Bertz CT molecular complexity index is 932. The summed E-state index contributed by atoms with van der Waals surface area (Å²) in [5.41, 5.74) is 7.49. The van der Waals surface area contributed by atoms with E-state index in [1.54, 1.807) is 13.8 Å². The number of rotatable bonds is 12. The highest BCUT2D eigenvalue weighted by atomic mass is 16.4. The lowest BCUT2D eigenvalue weighted by atomic mass is 10.0. The molecule has 0 aliphatic rings. The third-order valence-corrected chi connectivity index (χ3v) is 4.91. The fourth-order valence-electron chi connectivity index (χ4n) is 3.13. The van der Waals surface area contributed by atoms with Gasteiger partial charge in [0, 0.05) is 18.3 Å². The number of imidazole rings is 1. The van der Waals surface area contributed by atoms with Crippen LogP contribution in [0.3, 0.4) is 0 Å². The smallest absolute Gasteiger partial charge is 0.322 e. The number of hydrogen-bond donors (Lipinski definition) is 6. The number of carbonyl (C=O) groups excluding carboxylic acids is 3. The summed E-state index contributed by atoms with van der Waals surface area (Å²) in [6.07, 6.45) is 3.28. The van der Waals surface area contributed by atoms with E-state index < -0.39 is 48.4 Å². The summed E-state index contributed by atoms with van der Waals surface area (Å²) in [7, 11) is 0. The Hall–Kier alpha value is -3.73. The van der Waals surface area contributed by atoms with Gasteiger partial charge < -0.3 is 31.8 Å². The van der Waals surface area contributed by atoms with Crippen LogP contribution >= 0.6 is 0 Å². The summed E-state index contributed by atoms with van der Waals surface area (Å²) < 4.78 is 0. The summed E-state index contributed by atoms with van der Waals surface area (Å²) in [4.78, 5) is 55.7. The first-order valence-electron chi connectivity index (χ1n) is 10.5. The first-order chi connectivity index (χ1) is 15.7. The number of aromatic amines is 1. The third-order valence-electron chi connectivity index (χ3n) is 4.91. The van der Waals surface area contributed by atoms with Gasteiger partial charge in [0.1, 0.15) is 18.6 Å². The van der Waals surface area contributed by atoms with Crippen molar-refractivity contribution in [2.24, 2.45) is 11.7 Å². The molecular formula is C22H30N6O5. The van der Waals surface area contributed by atoms with Crippen molar-refractivity contribution < 1.29 is 24.3 Å². The van der Waals surface area contributed by atoms with Gasteiger partial charge >= 0.3 is 5.97 Å². The molecule has 0 saturated carbocycles. The van der Waals surface area contributed by atoms with Crippen LogP contribution in [0.25, 0.3) is 0 Å². The Morgan fingerprint density at radius 3 is 2.30 bits per heavy atom. The van der Waals surface area contributed by atoms with E-state index in [-0.39, 0.29) is 12.3 Å². The van der Waals surface area contributed by atoms with Crippen LogP contribution < -0.4 is 21.7 Å². The van der Waals surface area contributed by atoms with E-state index in [0.29, 0.717) is 12.1 Å². The molecule has 1 aromatic carbocycles. The number of nitrogens with one attached hydrogen (secondary N) is 4. The molecule has 33 heavy (non-hydrogen) atoms. The number of hydrogen-bond acceptors (Lipinski definition) is 6. The molecule has 1 heterocycles. The van der Waals surface area contributed by atoms with Crippen molar-refractivity contribution in [2.75, 3.05) is 6.54 Å². The van der Waals surface area contributed by atoms with Crippen molar-refractivity contribution in [3.8, 4) is 0 Å². The Labute approximate surface area is 191 Å². The Balaban J connectivity index is 2.06. The molecule has 2 rings (SSSR count). The Morgan fingerprint density at radius 1 is 1.03 bits per heavy atom. The van der Waals surface area contributed by atoms with E-state index in [2.05, 4.69) is 25.9 Å². The molecule has 3 unspecified atom stereocenters. The average molecular weight is 459 g/mol. The molecule has 3 atom stereocenters. The second kappa shape index (κ2) is 12.3. The molecule has 2 aromatic rings. The van der Waals surface area contributed by atoms with E-state index in [0.717, 1.165) is 5.56 Å². The largest absolute Gasteiger partial charge is 0.480 e. The summed E-state index contributed by atoms with van der Waals surface area (Å²) in [6.45, 7) is 2.91. The van der Waals surface area contributed by atoms with Crippen LogP contribution in [0.4, 0.5) is 0 Å². The third kappa shape index (κ3) is 8.37. The van der Waals surface area contributed by atoms with E-state index in [9.17, 15) is 19.2 Å². The lowest BCUT2D eigenvalue weighted by Crippen LogP contribution is -2.58. The zero-order valence-corrected chi connectivity index (χ0v) is 18.6. The number of benzene rings is 1. The van der Waals surface area contributed by atoms with E-state index in [1.165, 1.54) is 12.5 Å². The lowest BCUT2D eigenvalue weighted by molar-refractivity contribution is -0.138. The van der Waals surface area contributed by atoms with Crippen molar-refractivity contribution in [3.63, 3.8) is 0 Å². The van der Waals surface area contributed by atoms with Crippen molar-refractivity contribution in [1.29, 1.82) is 0 Å². The minimum absolute atomic E-state index is 0.0590. The van der Waals surface area contributed by atoms with Crippen molar-refractivity contribution in [2.45, 2.75) is 44.8 Å². The topological polar surface area (TPSA) is 179 Å². The van der Waals surface area contributed by atoms with Crippen molar-refractivity contribution >= 4 is 23.7 Å². The fourth-order valence-corrected chi connectivity index (χ4v) is 3.13.